The first-order chi connectivity index (χ1) is 10.6. The molecule has 1 aromatic carbocycles. The van der Waals surface area contributed by atoms with Crippen LogP contribution in [0.2, 0.25) is 0 Å². The van der Waals surface area contributed by atoms with Crippen molar-refractivity contribution >= 4 is 21.7 Å². The van der Waals surface area contributed by atoms with Gasteiger partial charge in [-0.15, -0.1) is 0 Å². The smallest absolute Gasteiger partial charge is 0.267 e. The van der Waals surface area contributed by atoms with Gasteiger partial charge in [-0.3, -0.25) is 0 Å². The maximum absolute atomic E-state index is 12.1. The van der Waals surface area contributed by atoms with E-state index in [1.807, 2.05) is 30.3 Å². The van der Waals surface area contributed by atoms with Crippen molar-refractivity contribution in [2.24, 2.45) is 0 Å². The molecular formula is C14H16N4O3S. The van der Waals surface area contributed by atoms with Crippen molar-refractivity contribution in [2.45, 2.75) is 24.8 Å². The largest absolute Gasteiger partial charge is 0.335 e. The van der Waals surface area contributed by atoms with Crippen LogP contribution in [0, 0.1) is 0 Å². The molecule has 0 spiro atoms. The molecule has 2 aliphatic rings. The zero-order valence-electron chi connectivity index (χ0n) is 11.9. The quantitative estimate of drug-likeness (QED) is 0.928. The number of rotatable bonds is 3. The van der Waals surface area contributed by atoms with Crippen molar-refractivity contribution in [2.75, 3.05) is 17.6 Å². The number of benzene rings is 1. The average molecular weight is 320 g/mol. The van der Waals surface area contributed by atoms with Crippen LogP contribution in [0.4, 0.5) is 11.6 Å². The molecule has 0 saturated carbocycles. The number of hydrogen-bond acceptors (Lipinski definition) is 6. The van der Waals surface area contributed by atoms with Crippen LogP contribution in [0.5, 0.6) is 0 Å². The molecule has 7 nitrogen and oxygen atoms in total. The molecule has 1 N–H and O–H groups in total. The Balaban J connectivity index is 1.64. The van der Waals surface area contributed by atoms with Gasteiger partial charge in [0, 0.05) is 12.2 Å². The summed E-state index contributed by atoms with van der Waals surface area (Å²) in [5, 5.41) is 7.00. The zero-order chi connectivity index (χ0) is 15.2. The Morgan fingerprint density at radius 1 is 1.23 bits per heavy atom. The minimum absolute atomic E-state index is 0.150. The third kappa shape index (κ3) is 2.02. The van der Waals surface area contributed by atoms with E-state index in [1.54, 1.807) is 4.31 Å². The Bertz CT molecular complexity index is 789. The minimum atomic E-state index is -3.19. The highest BCUT2D eigenvalue weighted by Gasteiger charge is 2.57. The van der Waals surface area contributed by atoms with Gasteiger partial charge in [0.05, 0.1) is 5.75 Å². The summed E-state index contributed by atoms with van der Waals surface area (Å²) in [7, 11) is -3.19. The predicted molar refractivity (Wildman–Crippen MR) is 80.0 cm³/mol. The summed E-state index contributed by atoms with van der Waals surface area (Å²) in [5.74, 6) is 0.896. The standard InChI is InChI=1S/C14H16N4O3S/c19-22(20)10-8-14(7-4-9-18(14)22)12-16-13(17-21-12)15-11-5-2-1-3-6-11/h1-3,5-6H,4,7-10H2,(H,15,17). The molecule has 0 aliphatic carbocycles. The molecule has 2 aliphatic heterocycles. The van der Waals surface area contributed by atoms with E-state index >= 15 is 0 Å². The van der Waals surface area contributed by atoms with Crippen molar-refractivity contribution in [1.29, 1.82) is 0 Å². The first kappa shape index (κ1) is 13.7. The van der Waals surface area contributed by atoms with Gasteiger partial charge >= 0.3 is 0 Å². The molecule has 2 aromatic rings. The van der Waals surface area contributed by atoms with Crippen LogP contribution in [0.25, 0.3) is 0 Å². The summed E-state index contributed by atoms with van der Waals surface area (Å²) >= 11 is 0. The fourth-order valence-corrected chi connectivity index (χ4v) is 5.37. The van der Waals surface area contributed by atoms with Crippen molar-refractivity contribution in [3.63, 3.8) is 0 Å². The fraction of sp³-hybridized carbons (Fsp3) is 0.429. The Morgan fingerprint density at radius 3 is 2.86 bits per heavy atom. The van der Waals surface area contributed by atoms with Crippen LogP contribution in [0.3, 0.4) is 0 Å². The van der Waals surface area contributed by atoms with Crippen molar-refractivity contribution in [3.05, 3.63) is 36.2 Å². The highest BCUT2D eigenvalue weighted by molar-refractivity contribution is 7.89. The fourth-order valence-electron chi connectivity index (χ4n) is 3.35. The Morgan fingerprint density at radius 2 is 2.05 bits per heavy atom. The zero-order valence-corrected chi connectivity index (χ0v) is 12.7. The summed E-state index contributed by atoms with van der Waals surface area (Å²) in [5.41, 5.74) is 0.220. The van der Waals surface area contributed by atoms with Crippen LogP contribution in [0.1, 0.15) is 25.2 Å². The number of anilines is 2. The van der Waals surface area contributed by atoms with E-state index in [2.05, 4.69) is 15.5 Å². The summed E-state index contributed by atoms with van der Waals surface area (Å²) in [6.45, 7) is 0.534. The lowest BCUT2D eigenvalue weighted by atomic mass is 9.94. The molecule has 0 bridgehead atoms. The van der Waals surface area contributed by atoms with E-state index in [0.29, 0.717) is 24.8 Å². The van der Waals surface area contributed by atoms with Gasteiger partial charge in [0.15, 0.2) is 0 Å². The topological polar surface area (TPSA) is 88.3 Å². The van der Waals surface area contributed by atoms with E-state index in [1.165, 1.54) is 0 Å². The highest BCUT2D eigenvalue weighted by Crippen LogP contribution is 2.47. The number of nitrogens with one attached hydrogen (secondary N) is 1. The molecule has 1 aromatic heterocycles. The van der Waals surface area contributed by atoms with Crippen LogP contribution in [0.15, 0.2) is 34.9 Å². The molecular weight excluding hydrogens is 304 g/mol. The third-order valence-electron chi connectivity index (χ3n) is 4.39. The minimum Gasteiger partial charge on any atom is -0.335 e. The van der Waals surface area contributed by atoms with Gasteiger partial charge < -0.3 is 9.84 Å². The number of hydrogen-bond donors (Lipinski definition) is 1. The lowest BCUT2D eigenvalue weighted by Crippen LogP contribution is -2.38. The number of sulfonamides is 1. The molecule has 1 unspecified atom stereocenters. The summed E-state index contributed by atoms with van der Waals surface area (Å²) < 4.78 is 31.2. The number of para-hydroxylation sites is 1. The van der Waals surface area contributed by atoms with E-state index in [0.717, 1.165) is 18.5 Å². The summed E-state index contributed by atoms with van der Waals surface area (Å²) in [6.07, 6.45) is 2.07. The summed E-state index contributed by atoms with van der Waals surface area (Å²) in [6, 6.07) is 9.53. The SMILES string of the molecule is O=S1(=O)CCC2(c3nc(Nc4ccccc4)no3)CCCN21. The Kier molecular flexibility index (Phi) is 2.98. The third-order valence-corrected chi connectivity index (χ3v) is 6.32. The normalized spacial score (nSPS) is 26.9. The second kappa shape index (κ2) is 4.79. The van der Waals surface area contributed by atoms with E-state index < -0.39 is 15.6 Å². The maximum Gasteiger partial charge on any atom is 0.267 e. The number of aromatic nitrogens is 2. The molecule has 116 valence electrons. The van der Waals surface area contributed by atoms with Gasteiger partial charge in [0.2, 0.25) is 15.9 Å². The molecule has 3 heterocycles. The first-order valence-corrected chi connectivity index (χ1v) is 8.88. The van der Waals surface area contributed by atoms with Gasteiger partial charge in [0.25, 0.3) is 5.95 Å². The van der Waals surface area contributed by atoms with Crippen LogP contribution in [-0.4, -0.2) is 35.2 Å². The van der Waals surface area contributed by atoms with Gasteiger partial charge in [-0.1, -0.05) is 18.2 Å². The number of fused-ring (bicyclic) bond motifs is 1. The molecule has 2 fully saturated rings. The molecule has 2 saturated heterocycles. The average Bonchev–Trinajstić information content (AvgIpc) is 3.18. The molecule has 8 heteroatoms. The second-order valence-electron chi connectivity index (χ2n) is 5.69. The van der Waals surface area contributed by atoms with Crippen LogP contribution in [-0.2, 0) is 15.6 Å². The second-order valence-corrected chi connectivity index (χ2v) is 7.70. The van der Waals surface area contributed by atoms with E-state index in [4.69, 9.17) is 4.52 Å². The summed E-state index contributed by atoms with van der Waals surface area (Å²) in [4.78, 5) is 4.39. The molecule has 0 radical (unpaired) electrons. The van der Waals surface area contributed by atoms with E-state index in [-0.39, 0.29) is 5.75 Å². The Hall–Kier alpha value is -1.93. The highest BCUT2D eigenvalue weighted by atomic mass is 32.2. The van der Waals surface area contributed by atoms with Gasteiger partial charge in [-0.2, -0.15) is 9.29 Å². The lowest BCUT2D eigenvalue weighted by molar-refractivity contribution is 0.189. The first-order valence-electron chi connectivity index (χ1n) is 7.27. The van der Waals surface area contributed by atoms with Crippen LogP contribution >= 0.6 is 0 Å². The predicted octanol–water partition coefficient (Wildman–Crippen LogP) is 1.84. The Labute approximate surface area is 128 Å². The molecule has 4 rings (SSSR count). The molecule has 1 atom stereocenters. The molecule has 0 amide bonds. The maximum atomic E-state index is 12.1. The van der Waals surface area contributed by atoms with Gasteiger partial charge in [-0.05, 0) is 36.6 Å². The van der Waals surface area contributed by atoms with Gasteiger partial charge in [0.1, 0.15) is 5.54 Å². The van der Waals surface area contributed by atoms with E-state index in [9.17, 15) is 8.42 Å². The van der Waals surface area contributed by atoms with Gasteiger partial charge in [-0.25, -0.2) is 8.42 Å². The van der Waals surface area contributed by atoms with Crippen molar-refractivity contribution in [1.82, 2.24) is 14.4 Å². The lowest BCUT2D eigenvalue weighted by Gasteiger charge is -2.25. The van der Waals surface area contributed by atoms with Crippen molar-refractivity contribution in [3.8, 4) is 0 Å². The van der Waals surface area contributed by atoms with Crippen LogP contribution < -0.4 is 5.32 Å². The molecule has 22 heavy (non-hydrogen) atoms. The monoisotopic (exact) mass is 320 g/mol. The number of nitrogens with zero attached hydrogens (tertiary/aromatic N) is 3. The van der Waals surface area contributed by atoms with Crippen molar-refractivity contribution < 1.29 is 12.9 Å².